The molecule has 1 amide bonds. The Balaban J connectivity index is 1.80. The molecule has 0 heterocycles. The topological polar surface area (TPSA) is 29.1 Å². The summed E-state index contributed by atoms with van der Waals surface area (Å²) < 4.78 is 0. The maximum Gasteiger partial charge on any atom is 0.223 e. The highest BCUT2D eigenvalue weighted by Gasteiger charge is 2.54. The molecule has 98 valence electrons. The molecule has 0 aromatic rings. The van der Waals surface area contributed by atoms with Crippen molar-refractivity contribution < 1.29 is 4.79 Å². The summed E-state index contributed by atoms with van der Waals surface area (Å²) in [7, 11) is 0. The van der Waals surface area contributed by atoms with Gasteiger partial charge in [-0.05, 0) is 37.0 Å². The molecule has 1 N–H and O–H groups in total. The number of fused-ring (bicyclic) bond motifs is 1. The number of carbonyl (C=O) groups excluding carboxylic acids is 1. The van der Waals surface area contributed by atoms with E-state index in [9.17, 15) is 4.79 Å². The molecule has 2 rings (SSSR count). The van der Waals surface area contributed by atoms with Crippen LogP contribution >= 0.6 is 11.6 Å². The van der Waals surface area contributed by atoms with Crippen molar-refractivity contribution in [3.05, 3.63) is 0 Å². The van der Waals surface area contributed by atoms with Crippen molar-refractivity contribution in [2.45, 2.75) is 52.0 Å². The van der Waals surface area contributed by atoms with Gasteiger partial charge < -0.3 is 5.32 Å². The molecule has 2 fully saturated rings. The number of rotatable bonds is 5. The van der Waals surface area contributed by atoms with Crippen LogP contribution in [0.4, 0.5) is 0 Å². The summed E-state index contributed by atoms with van der Waals surface area (Å²) in [5, 5.41) is 3.15. The maximum atomic E-state index is 12.2. The lowest BCUT2D eigenvalue weighted by atomic mass is 10.0. The summed E-state index contributed by atoms with van der Waals surface area (Å²) >= 11 is 5.92. The Morgan fingerprint density at radius 1 is 1.29 bits per heavy atom. The minimum absolute atomic E-state index is 0.159. The van der Waals surface area contributed by atoms with E-state index in [0.29, 0.717) is 29.6 Å². The predicted octanol–water partition coefficient (Wildman–Crippen LogP) is 3.19. The van der Waals surface area contributed by atoms with Gasteiger partial charge >= 0.3 is 0 Å². The third kappa shape index (κ3) is 3.15. The van der Waals surface area contributed by atoms with Gasteiger partial charge in [0.05, 0.1) is 0 Å². The van der Waals surface area contributed by atoms with E-state index in [-0.39, 0.29) is 11.9 Å². The van der Waals surface area contributed by atoms with Crippen LogP contribution < -0.4 is 5.32 Å². The number of nitrogens with one attached hydrogen (secondary N) is 1. The lowest BCUT2D eigenvalue weighted by Crippen LogP contribution is -2.38. The van der Waals surface area contributed by atoms with E-state index in [1.165, 1.54) is 25.7 Å². The Labute approximate surface area is 109 Å². The van der Waals surface area contributed by atoms with Crippen LogP contribution in [0.2, 0.25) is 0 Å². The van der Waals surface area contributed by atoms with Crippen LogP contribution in [0.15, 0.2) is 0 Å². The standard InChI is InChI=1S/C14H24ClNO/c1-9(2)7-10(8-15)16-14(17)13-11-5-3-4-6-12(11)13/h9-13H,3-8H2,1-2H3,(H,16,17). The van der Waals surface area contributed by atoms with Crippen molar-refractivity contribution in [1.29, 1.82) is 0 Å². The van der Waals surface area contributed by atoms with Crippen LogP contribution in [0.25, 0.3) is 0 Å². The first-order chi connectivity index (χ1) is 8.13. The Hall–Kier alpha value is -0.240. The predicted molar refractivity (Wildman–Crippen MR) is 71.0 cm³/mol. The van der Waals surface area contributed by atoms with Gasteiger partial charge in [-0.1, -0.05) is 26.7 Å². The molecule has 0 aromatic carbocycles. The molecule has 0 radical (unpaired) electrons. The highest BCUT2D eigenvalue weighted by molar-refractivity contribution is 6.18. The SMILES string of the molecule is CC(C)CC(CCl)NC(=O)C1C2CCCCC21. The van der Waals surface area contributed by atoms with E-state index in [0.717, 1.165) is 6.42 Å². The summed E-state index contributed by atoms with van der Waals surface area (Å²) in [6, 6.07) is 0.159. The molecule has 2 aliphatic carbocycles. The lowest BCUT2D eigenvalue weighted by Gasteiger charge is -2.18. The Bertz CT molecular complexity index is 267. The van der Waals surface area contributed by atoms with Gasteiger partial charge in [-0.2, -0.15) is 0 Å². The van der Waals surface area contributed by atoms with E-state index in [1.54, 1.807) is 0 Å². The number of alkyl halides is 1. The third-order valence-electron chi connectivity index (χ3n) is 4.25. The molecule has 3 unspecified atom stereocenters. The van der Waals surface area contributed by atoms with Crippen molar-refractivity contribution in [3.63, 3.8) is 0 Å². The van der Waals surface area contributed by atoms with Gasteiger partial charge in [-0.3, -0.25) is 4.79 Å². The van der Waals surface area contributed by atoms with Gasteiger partial charge in [0.15, 0.2) is 0 Å². The fraction of sp³-hybridized carbons (Fsp3) is 0.929. The van der Waals surface area contributed by atoms with Crippen LogP contribution in [0.3, 0.4) is 0 Å². The van der Waals surface area contributed by atoms with Crippen LogP contribution in [0.5, 0.6) is 0 Å². The average molecular weight is 258 g/mol. The number of carbonyl (C=O) groups is 1. The largest absolute Gasteiger partial charge is 0.352 e. The third-order valence-corrected chi connectivity index (χ3v) is 4.62. The lowest BCUT2D eigenvalue weighted by molar-refractivity contribution is -0.123. The zero-order chi connectivity index (χ0) is 12.4. The van der Waals surface area contributed by atoms with Crippen molar-refractivity contribution >= 4 is 17.5 Å². The first-order valence-corrected chi connectivity index (χ1v) is 7.53. The maximum absolute atomic E-state index is 12.2. The molecule has 0 saturated heterocycles. The normalized spacial score (nSPS) is 33.1. The van der Waals surface area contributed by atoms with E-state index < -0.39 is 0 Å². The van der Waals surface area contributed by atoms with Crippen molar-refractivity contribution in [2.75, 3.05) is 5.88 Å². The Morgan fingerprint density at radius 2 is 1.88 bits per heavy atom. The molecular weight excluding hydrogens is 234 g/mol. The first-order valence-electron chi connectivity index (χ1n) is 6.99. The average Bonchev–Trinajstić information content (AvgIpc) is 3.01. The van der Waals surface area contributed by atoms with Crippen molar-refractivity contribution in [2.24, 2.45) is 23.7 Å². The molecule has 0 aromatic heterocycles. The molecule has 2 saturated carbocycles. The number of hydrogen-bond acceptors (Lipinski definition) is 1. The first kappa shape index (κ1) is 13.2. The molecule has 0 bridgehead atoms. The summed E-state index contributed by atoms with van der Waals surface area (Å²) in [5.41, 5.74) is 0. The van der Waals surface area contributed by atoms with Gasteiger partial charge in [-0.25, -0.2) is 0 Å². The number of amides is 1. The summed E-state index contributed by atoms with van der Waals surface area (Å²) in [6.07, 6.45) is 6.14. The zero-order valence-corrected chi connectivity index (χ0v) is 11.7. The van der Waals surface area contributed by atoms with Crippen LogP contribution in [-0.2, 0) is 4.79 Å². The van der Waals surface area contributed by atoms with Gasteiger partial charge in [0.25, 0.3) is 0 Å². The summed E-state index contributed by atoms with van der Waals surface area (Å²) in [4.78, 5) is 12.2. The van der Waals surface area contributed by atoms with E-state index >= 15 is 0 Å². The monoisotopic (exact) mass is 257 g/mol. The smallest absolute Gasteiger partial charge is 0.223 e. The Kier molecular flexibility index (Phi) is 4.35. The molecule has 0 aliphatic heterocycles. The van der Waals surface area contributed by atoms with Gasteiger partial charge in [0, 0.05) is 17.8 Å². The molecule has 2 nitrogen and oxygen atoms in total. The van der Waals surface area contributed by atoms with Gasteiger partial charge in [-0.15, -0.1) is 11.6 Å². The minimum Gasteiger partial charge on any atom is -0.352 e. The summed E-state index contributed by atoms with van der Waals surface area (Å²) in [5.74, 6) is 3.09. The fourth-order valence-electron chi connectivity index (χ4n) is 3.41. The molecular formula is C14H24ClNO. The number of hydrogen-bond donors (Lipinski definition) is 1. The minimum atomic E-state index is 0.159. The van der Waals surface area contributed by atoms with E-state index in [2.05, 4.69) is 19.2 Å². The van der Waals surface area contributed by atoms with Crippen LogP contribution in [0, 0.1) is 23.7 Å². The Morgan fingerprint density at radius 3 is 2.35 bits per heavy atom. The molecule has 2 aliphatic rings. The molecule has 3 atom stereocenters. The van der Waals surface area contributed by atoms with Crippen LogP contribution in [0.1, 0.15) is 46.0 Å². The second-order valence-corrected chi connectivity index (χ2v) is 6.44. The quantitative estimate of drug-likeness (QED) is 0.753. The van der Waals surface area contributed by atoms with E-state index in [1.807, 2.05) is 0 Å². The van der Waals surface area contributed by atoms with Gasteiger partial charge in [0.2, 0.25) is 5.91 Å². The molecule has 3 heteroatoms. The van der Waals surface area contributed by atoms with E-state index in [4.69, 9.17) is 11.6 Å². The number of halogens is 1. The molecule has 0 spiro atoms. The second-order valence-electron chi connectivity index (χ2n) is 6.13. The van der Waals surface area contributed by atoms with Crippen molar-refractivity contribution in [1.82, 2.24) is 5.32 Å². The second kappa shape index (κ2) is 5.60. The van der Waals surface area contributed by atoms with Gasteiger partial charge in [0.1, 0.15) is 0 Å². The van der Waals surface area contributed by atoms with Crippen molar-refractivity contribution in [3.8, 4) is 0 Å². The highest BCUT2D eigenvalue weighted by Crippen LogP contribution is 2.55. The summed E-state index contributed by atoms with van der Waals surface area (Å²) in [6.45, 7) is 4.34. The fourth-order valence-corrected chi connectivity index (χ4v) is 3.61. The molecule has 17 heavy (non-hydrogen) atoms. The van der Waals surface area contributed by atoms with Crippen LogP contribution in [-0.4, -0.2) is 17.8 Å². The zero-order valence-electron chi connectivity index (χ0n) is 10.9. The highest BCUT2D eigenvalue weighted by atomic mass is 35.5.